The van der Waals surface area contributed by atoms with Gasteiger partial charge in [0, 0.05) is 32.1 Å². The fraction of sp³-hybridized carbons (Fsp3) is 0.923. The summed E-state index contributed by atoms with van der Waals surface area (Å²) in [5.74, 6) is 1.12. The summed E-state index contributed by atoms with van der Waals surface area (Å²) in [6.45, 7) is 9.33. The second-order valence-electron chi connectivity index (χ2n) is 5.08. The Morgan fingerprint density at radius 1 is 1.44 bits per heavy atom. The number of likely N-dealkylation sites (tertiary alicyclic amines) is 1. The number of hydrogen-bond acceptors (Lipinski definition) is 2. The predicted octanol–water partition coefficient (Wildman–Crippen LogP) is 2.02. The van der Waals surface area contributed by atoms with Crippen LogP contribution in [-0.4, -0.2) is 36.5 Å². The Morgan fingerprint density at radius 3 is 2.62 bits per heavy atom. The lowest BCUT2D eigenvalue weighted by Gasteiger charge is -2.30. The van der Waals surface area contributed by atoms with E-state index in [4.69, 9.17) is 0 Å². The fourth-order valence-electron chi connectivity index (χ4n) is 1.99. The summed E-state index contributed by atoms with van der Waals surface area (Å²) < 4.78 is 0. The molecule has 0 saturated carbocycles. The second kappa shape index (κ2) is 6.89. The molecule has 0 aromatic carbocycles. The van der Waals surface area contributed by atoms with E-state index in [1.165, 1.54) is 12.8 Å². The minimum absolute atomic E-state index is 0.322. The molecule has 16 heavy (non-hydrogen) atoms. The van der Waals surface area contributed by atoms with Crippen molar-refractivity contribution in [2.24, 2.45) is 5.92 Å². The average molecular weight is 226 g/mol. The number of carbonyl (C=O) groups is 1. The van der Waals surface area contributed by atoms with Crippen molar-refractivity contribution < 1.29 is 4.79 Å². The minimum atomic E-state index is 0.322. The van der Waals surface area contributed by atoms with Gasteiger partial charge in [0.2, 0.25) is 5.91 Å². The standard InChI is InChI=1S/C13H26N2O/c1-4-12(3)14-8-5-13(16)15-9-6-11(2)7-10-15/h11-12,14H,4-10H2,1-3H3. The van der Waals surface area contributed by atoms with Gasteiger partial charge in [0.05, 0.1) is 0 Å². The summed E-state index contributed by atoms with van der Waals surface area (Å²) in [6.07, 6.45) is 4.11. The van der Waals surface area contributed by atoms with Crippen molar-refractivity contribution in [3.63, 3.8) is 0 Å². The molecule has 0 spiro atoms. The van der Waals surface area contributed by atoms with E-state index in [2.05, 4.69) is 26.1 Å². The van der Waals surface area contributed by atoms with Crippen LogP contribution in [0.15, 0.2) is 0 Å². The summed E-state index contributed by atoms with van der Waals surface area (Å²) in [5, 5.41) is 3.36. The highest BCUT2D eigenvalue weighted by Crippen LogP contribution is 2.16. The van der Waals surface area contributed by atoms with Gasteiger partial charge in [0.25, 0.3) is 0 Å². The van der Waals surface area contributed by atoms with Crippen LogP contribution in [0.5, 0.6) is 0 Å². The minimum Gasteiger partial charge on any atom is -0.343 e. The number of nitrogens with one attached hydrogen (secondary N) is 1. The van der Waals surface area contributed by atoms with Crippen LogP contribution in [-0.2, 0) is 4.79 Å². The molecule has 1 amide bonds. The van der Waals surface area contributed by atoms with Gasteiger partial charge >= 0.3 is 0 Å². The van der Waals surface area contributed by atoms with E-state index >= 15 is 0 Å². The van der Waals surface area contributed by atoms with Gasteiger partial charge in [0.1, 0.15) is 0 Å². The molecule has 0 radical (unpaired) electrons. The van der Waals surface area contributed by atoms with Gasteiger partial charge in [-0.1, -0.05) is 13.8 Å². The first kappa shape index (κ1) is 13.5. The summed E-state index contributed by atoms with van der Waals surface area (Å²) in [4.78, 5) is 13.9. The molecule has 0 bridgehead atoms. The summed E-state index contributed by atoms with van der Waals surface area (Å²) in [7, 11) is 0. The molecule has 1 heterocycles. The maximum Gasteiger partial charge on any atom is 0.223 e. The zero-order valence-corrected chi connectivity index (χ0v) is 11.0. The molecule has 94 valence electrons. The number of amides is 1. The van der Waals surface area contributed by atoms with E-state index in [1.54, 1.807) is 0 Å². The van der Waals surface area contributed by atoms with Crippen molar-refractivity contribution in [1.29, 1.82) is 0 Å². The molecule has 0 aliphatic carbocycles. The van der Waals surface area contributed by atoms with E-state index in [-0.39, 0.29) is 0 Å². The van der Waals surface area contributed by atoms with E-state index in [9.17, 15) is 4.79 Å². The molecule has 1 aliphatic rings. The van der Waals surface area contributed by atoms with Gasteiger partial charge < -0.3 is 10.2 Å². The Hall–Kier alpha value is -0.570. The SMILES string of the molecule is CCC(C)NCCC(=O)N1CCC(C)CC1. The largest absolute Gasteiger partial charge is 0.343 e. The first-order chi connectivity index (χ1) is 7.63. The van der Waals surface area contributed by atoms with Crippen molar-refractivity contribution >= 4 is 5.91 Å². The van der Waals surface area contributed by atoms with Gasteiger partial charge in [-0.15, -0.1) is 0 Å². The summed E-state index contributed by atoms with van der Waals surface area (Å²) in [5.41, 5.74) is 0. The van der Waals surface area contributed by atoms with Crippen LogP contribution in [0.25, 0.3) is 0 Å². The number of piperidine rings is 1. The van der Waals surface area contributed by atoms with Crippen molar-refractivity contribution in [3.8, 4) is 0 Å². The lowest BCUT2D eigenvalue weighted by molar-refractivity contribution is -0.132. The van der Waals surface area contributed by atoms with Crippen LogP contribution < -0.4 is 5.32 Å². The number of carbonyl (C=O) groups excluding carboxylic acids is 1. The molecular weight excluding hydrogens is 200 g/mol. The zero-order valence-electron chi connectivity index (χ0n) is 11.0. The van der Waals surface area contributed by atoms with Gasteiger partial charge in [-0.25, -0.2) is 0 Å². The van der Waals surface area contributed by atoms with Crippen molar-refractivity contribution in [1.82, 2.24) is 10.2 Å². The molecule has 1 fully saturated rings. The molecule has 3 nitrogen and oxygen atoms in total. The highest BCUT2D eigenvalue weighted by atomic mass is 16.2. The van der Waals surface area contributed by atoms with E-state index in [0.29, 0.717) is 18.4 Å². The molecule has 0 aromatic heterocycles. The molecule has 1 atom stereocenters. The van der Waals surface area contributed by atoms with Crippen LogP contribution in [0.4, 0.5) is 0 Å². The second-order valence-corrected chi connectivity index (χ2v) is 5.08. The zero-order chi connectivity index (χ0) is 12.0. The number of hydrogen-bond donors (Lipinski definition) is 1. The van der Waals surface area contributed by atoms with E-state index in [1.807, 2.05) is 4.90 Å². The van der Waals surface area contributed by atoms with E-state index < -0.39 is 0 Å². The maximum absolute atomic E-state index is 11.9. The van der Waals surface area contributed by atoms with Crippen LogP contribution in [0, 0.1) is 5.92 Å². The number of rotatable bonds is 5. The van der Waals surface area contributed by atoms with Crippen molar-refractivity contribution in [3.05, 3.63) is 0 Å². The first-order valence-electron chi connectivity index (χ1n) is 6.64. The predicted molar refractivity (Wildman–Crippen MR) is 67.4 cm³/mol. The third-order valence-corrected chi connectivity index (χ3v) is 3.58. The molecule has 1 N–H and O–H groups in total. The number of nitrogens with zero attached hydrogens (tertiary/aromatic N) is 1. The quantitative estimate of drug-likeness (QED) is 0.778. The smallest absolute Gasteiger partial charge is 0.223 e. The molecule has 1 saturated heterocycles. The topological polar surface area (TPSA) is 32.3 Å². The van der Waals surface area contributed by atoms with Gasteiger partial charge in [-0.3, -0.25) is 4.79 Å². The highest BCUT2D eigenvalue weighted by molar-refractivity contribution is 5.76. The van der Waals surface area contributed by atoms with Crippen molar-refractivity contribution in [2.45, 2.75) is 52.5 Å². The van der Waals surface area contributed by atoms with Gasteiger partial charge in [0.15, 0.2) is 0 Å². The third-order valence-electron chi connectivity index (χ3n) is 3.58. The van der Waals surface area contributed by atoms with Gasteiger partial charge in [-0.05, 0) is 32.1 Å². The molecule has 1 rings (SSSR count). The monoisotopic (exact) mass is 226 g/mol. The first-order valence-corrected chi connectivity index (χ1v) is 6.64. The van der Waals surface area contributed by atoms with Crippen LogP contribution in [0.2, 0.25) is 0 Å². The Balaban J connectivity index is 2.15. The molecule has 1 unspecified atom stereocenters. The third kappa shape index (κ3) is 4.52. The molecular formula is C13H26N2O. The Bertz CT molecular complexity index is 210. The maximum atomic E-state index is 11.9. The fourth-order valence-corrected chi connectivity index (χ4v) is 1.99. The van der Waals surface area contributed by atoms with Crippen LogP contribution in [0.1, 0.15) is 46.5 Å². The Kier molecular flexibility index (Phi) is 5.81. The van der Waals surface area contributed by atoms with Gasteiger partial charge in [-0.2, -0.15) is 0 Å². The lowest BCUT2D eigenvalue weighted by atomic mass is 9.99. The molecule has 0 aromatic rings. The van der Waals surface area contributed by atoms with Crippen LogP contribution in [0.3, 0.4) is 0 Å². The van der Waals surface area contributed by atoms with Crippen LogP contribution >= 0.6 is 0 Å². The van der Waals surface area contributed by atoms with Crippen molar-refractivity contribution in [2.75, 3.05) is 19.6 Å². The summed E-state index contributed by atoms with van der Waals surface area (Å²) >= 11 is 0. The molecule has 1 aliphatic heterocycles. The average Bonchev–Trinajstić information content (AvgIpc) is 2.29. The Morgan fingerprint density at radius 2 is 2.06 bits per heavy atom. The van der Waals surface area contributed by atoms with E-state index in [0.717, 1.165) is 32.0 Å². The summed E-state index contributed by atoms with van der Waals surface area (Å²) in [6, 6.07) is 0.522. The Labute approximate surface area is 99.6 Å². The highest BCUT2D eigenvalue weighted by Gasteiger charge is 2.19. The lowest BCUT2D eigenvalue weighted by Crippen LogP contribution is -2.39. The molecule has 3 heteroatoms. The normalized spacial score (nSPS) is 19.8.